The smallest absolute Gasteiger partial charge is 0.251 e. The number of rotatable bonds is 3. The maximum Gasteiger partial charge on any atom is 0.251 e. The van der Waals surface area contributed by atoms with E-state index in [9.17, 15) is 9.90 Å². The fourth-order valence-electron chi connectivity index (χ4n) is 2.88. The lowest BCUT2D eigenvalue weighted by Gasteiger charge is -2.31. The van der Waals surface area contributed by atoms with E-state index in [4.69, 9.17) is 4.42 Å². The standard InChI is InChI=1S/C18H16N2O3/c21-14-9-13(10-14)20-18(22)12-3-1-11(2-4-12)17-15-6-8-23-16(15)5-7-19-17/h1-8,13-14,21H,9-10H2,(H,20,22). The molecule has 2 aromatic heterocycles. The molecule has 0 spiro atoms. The molecule has 1 aliphatic rings. The van der Waals surface area contributed by atoms with E-state index in [0.717, 1.165) is 22.2 Å². The van der Waals surface area contributed by atoms with Crippen LogP contribution in [0.25, 0.3) is 22.2 Å². The van der Waals surface area contributed by atoms with Gasteiger partial charge in [0.1, 0.15) is 5.58 Å². The Labute approximate surface area is 133 Å². The largest absolute Gasteiger partial charge is 0.464 e. The molecule has 0 unspecified atom stereocenters. The number of aromatic nitrogens is 1. The van der Waals surface area contributed by atoms with Gasteiger partial charge in [-0.05, 0) is 37.1 Å². The van der Waals surface area contributed by atoms with E-state index < -0.39 is 0 Å². The Bertz CT molecular complexity index is 848. The minimum Gasteiger partial charge on any atom is -0.464 e. The van der Waals surface area contributed by atoms with Crippen LogP contribution < -0.4 is 5.32 Å². The number of pyridine rings is 1. The highest BCUT2D eigenvalue weighted by Crippen LogP contribution is 2.27. The summed E-state index contributed by atoms with van der Waals surface area (Å²) in [6.45, 7) is 0. The van der Waals surface area contributed by atoms with Crippen LogP contribution >= 0.6 is 0 Å². The zero-order valence-electron chi connectivity index (χ0n) is 12.4. The lowest BCUT2D eigenvalue weighted by Crippen LogP contribution is -2.46. The Morgan fingerprint density at radius 2 is 1.96 bits per heavy atom. The monoisotopic (exact) mass is 308 g/mol. The van der Waals surface area contributed by atoms with E-state index in [1.165, 1.54) is 0 Å². The van der Waals surface area contributed by atoms with Crippen LogP contribution in [0, 0.1) is 0 Å². The van der Waals surface area contributed by atoms with Gasteiger partial charge in [-0.3, -0.25) is 9.78 Å². The summed E-state index contributed by atoms with van der Waals surface area (Å²) in [5.74, 6) is -0.108. The molecule has 1 aliphatic carbocycles. The maximum absolute atomic E-state index is 12.2. The molecule has 2 heterocycles. The van der Waals surface area contributed by atoms with Crippen LogP contribution in [0.1, 0.15) is 23.2 Å². The molecule has 0 saturated heterocycles. The summed E-state index contributed by atoms with van der Waals surface area (Å²) < 4.78 is 5.39. The van der Waals surface area contributed by atoms with Crippen LogP contribution in [0.2, 0.25) is 0 Å². The average Bonchev–Trinajstić information content (AvgIpc) is 3.02. The number of hydrogen-bond donors (Lipinski definition) is 2. The second kappa shape index (κ2) is 5.52. The third-order valence-corrected chi connectivity index (χ3v) is 4.25. The molecular formula is C18H16N2O3. The Morgan fingerprint density at radius 1 is 1.17 bits per heavy atom. The normalized spacial score (nSPS) is 20.2. The Morgan fingerprint density at radius 3 is 2.70 bits per heavy atom. The number of carbonyl (C=O) groups excluding carboxylic acids is 1. The summed E-state index contributed by atoms with van der Waals surface area (Å²) in [4.78, 5) is 16.6. The fourth-order valence-corrected chi connectivity index (χ4v) is 2.88. The van der Waals surface area contributed by atoms with Crippen molar-refractivity contribution in [2.75, 3.05) is 0 Å². The molecular weight excluding hydrogens is 292 g/mol. The van der Waals surface area contributed by atoms with Crippen molar-refractivity contribution >= 4 is 16.9 Å². The van der Waals surface area contributed by atoms with E-state index in [2.05, 4.69) is 10.3 Å². The number of fused-ring (bicyclic) bond motifs is 1. The van der Waals surface area contributed by atoms with E-state index in [1.807, 2.05) is 24.3 Å². The third kappa shape index (κ3) is 2.59. The second-order valence-corrected chi connectivity index (χ2v) is 5.86. The summed E-state index contributed by atoms with van der Waals surface area (Å²) >= 11 is 0. The zero-order valence-corrected chi connectivity index (χ0v) is 12.4. The minimum atomic E-state index is -0.274. The number of nitrogens with zero attached hydrogens (tertiary/aromatic N) is 1. The quantitative estimate of drug-likeness (QED) is 0.780. The van der Waals surface area contributed by atoms with Crippen molar-refractivity contribution in [3.8, 4) is 11.3 Å². The molecule has 5 nitrogen and oxygen atoms in total. The highest BCUT2D eigenvalue weighted by molar-refractivity contribution is 5.96. The predicted molar refractivity (Wildman–Crippen MR) is 85.9 cm³/mol. The van der Waals surface area contributed by atoms with Gasteiger partial charge in [-0.1, -0.05) is 12.1 Å². The number of aliphatic hydroxyl groups excluding tert-OH is 1. The Kier molecular flexibility index (Phi) is 3.35. The molecule has 1 aromatic carbocycles. The van der Waals surface area contributed by atoms with E-state index in [0.29, 0.717) is 18.4 Å². The van der Waals surface area contributed by atoms with Crippen molar-refractivity contribution in [3.05, 3.63) is 54.4 Å². The van der Waals surface area contributed by atoms with Gasteiger partial charge in [-0.2, -0.15) is 0 Å². The van der Waals surface area contributed by atoms with Crippen molar-refractivity contribution in [1.29, 1.82) is 0 Å². The SMILES string of the molecule is O=C(NC1CC(O)C1)c1ccc(-c2nccc3occc23)cc1. The first-order valence-electron chi connectivity index (χ1n) is 7.62. The van der Waals surface area contributed by atoms with Crippen LogP contribution in [-0.2, 0) is 0 Å². The van der Waals surface area contributed by atoms with Crippen LogP contribution in [0.15, 0.2) is 53.3 Å². The first-order chi connectivity index (χ1) is 11.2. The van der Waals surface area contributed by atoms with Crippen LogP contribution in [0.4, 0.5) is 0 Å². The number of amides is 1. The number of benzene rings is 1. The minimum absolute atomic E-state index is 0.0820. The molecule has 2 N–H and O–H groups in total. The molecule has 5 heteroatoms. The van der Waals surface area contributed by atoms with E-state index in [1.54, 1.807) is 24.6 Å². The summed E-state index contributed by atoms with van der Waals surface area (Å²) in [6, 6.07) is 11.2. The molecule has 0 radical (unpaired) electrons. The highest BCUT2D eigenvalue weighted by Gasteiger charge is 2.28. The first kappa shape index (κ1) is 14.0. The van der Waals surface area contributed by atoms with E-state index in [-0.39, 0.29) is 18.1 Å². The topological polar surface area (TPSA) is 75.4 Å². The van der Waals surface area contributed by atoms with Crippen LogP contribution in [0.5, 0.6) is 0 Å². The van der Waals surface area contributed by atoms with Crippen molar-refractivity contribution in [3.63, 3.8) is 0 Å². The zero-order chi connectivity index (χ0) is 15.8. The predicted octanol–water partition coefficient (Wildman–Crippen LogP) is 2.75. The number of hydrogen-bond acceptors (Lipinski definition) is 4. The van der Waals surface area contributed by atoms with Gasteiger partial charge >= 0.3 is 0 Å². The van der Waals surface area contributed by atoms with E-state index >= 15 is 0 Å². The Balaban J connectivity index is 1.56. The van der Waals surface area contributed by atoms with Gasteiger partial charge in [0, 0.05) is 28.8 Å². The second-order valence-electron chi connectivity index (χ2n) is 5.86. The molecule has 0 atom stereocenters. The van der Waals surface area contributed by atoms with Crippen molar-refractivity contribution in [2.24, 2.45) is 0 Å². The molecule has 23 heavy (non-hydrogen) atoms. The van der Waals surface area contributed by atoms with Gasteiger partial charge in [-0.25, -0.2) is 0 Å². The van der Waals surface area contributed by atoms with Gasteiger partial charge < -0.3 is 14.8 Å². The summed E-state index contributed by atoms with van der Waals surface area (Å²) in [6.07, 6.45) is 4.35. The number of furan rings is 1. The molecule has 0 bridgehead atoms. The van der Waals surface area contributed by atoms with Crippen molar-refractivity contribution in [1.82, 2.24) is 10.3 Å². The average molecular weight is 308 g/mol. The summed E-state index contributed by atoms with van der Waals surface area (Å²) in [5.41, 5.74) is 3.17. The van der Waals surface area contributed by atoms with Crippen molar-refractivity contribution in [2.45, 2.75) is 25.0 Å². The lowest BCUT2D eigenvalue weighted by atomic mass is 9.89. The molecule has 0 aliphatic heterocycles. The molecule has 1 fully saturated rings. The van der Waals surface area contributed by atoms with Gasteiger partial charge in [0.2, 0.25) is 0 Å². The summed E-state index contributed by atoms with van der Waals surface area (Å²) in [5, 5.41) is 13.1. The molecule has 116 valence electrons. The van der Waals surface area contributed by atoms with Crippen molar-refractivity contribution < 1.29 is 14.3 Å². The lowest BCUT2D eigenvalue weighted by molar-refractivity contribution is 0.0562. The number of aliphatic hydroxyl groups is 1. The Hall–Kier alpha value is -2.66. The van der Waals surface area contributed by atoms with Crippen LogP contribution in [0.3, 0.4) is 0 Å². The first-order valence-corrected chi connectivity index (χ1v) is 7.62. The van der Waals surface area contributed by atoms with Crippen LogP contribution in [-0.4, -0.2) is 28.1 Å². The van der Waals surface area contributed by atoms with Gasteiger partial charge in [-0.15, -0.1) is 0 Å². The fraction of sp³-hybridized carbons (Fsp3) is 0.222. The summed E-state index contributed by atoms with van der Waals surface area (Å²) in [7, 11) is 0. The number of carbonyl (C=O) groups is 1. The third-order valence-electron chi connectivity index (χ3n) is 4.25. The van der Waals surface area contributed by atoms with Gasteiger partial charge in [0.15, 0.2) is 0 Å². The molecule has 3 aromatic rings. The van der Waals surface area contributed by atoms with Gasteiger partial charge in [0.25, 0.3) is 5.91 Å². The number of nitrogens with one attached hydrogen (secondary N) is 1. The maximum atomic E-state index is 12.2. The molecule has 1 amide bonds. The van der Waals surface area contributed by atoms with Gasteiger partial charge in [0.05, 0.1) is 18.1 Å². The highest BCUT2D eigenvalue weighted by atomic mass is 16.3. The molecule has 1 saturated carbocycles. The molecule has 4 rings (SSSR count).